The summed E-state index contributed by atoms with van der Waals surface area (Å²) in [5.41, 5.74) is 5.55. The second-order valence-electron chi connectivity index (χ2n) is 8.46. The van der Waals surface area contributed by atoms with Crippen LogP contribution in [0.5, 0.6) is 11.5 Å². The Morgan fingerprint density at radius 1 is 1.12 bits per heavy atom. The molecule has 0 amide bonds. The summed E-state index contributed by atoms with van der Waals surface area (Å²) in [5, 5.41) is 21.8. The van der Waals surface area contributed by atoms with Gasteiger partial charge < -0.3 is 24.8 Å². The molecule has 2 heterocycles. The number of hydrogen-bond donors (Lipinski definition) is 2. The van der Waals surface area contributed by atoms with Crippen LogP contribution < -0.4 is 19.7 Å². The predicted octanol–water partition coefficient (Wildman–Crippen LogP) is 5.21. The number of fused-ring (bicyclic) bond motifs is 2. The number of nitrogens with zero attached hydrogens (tertiary/aromatic N) is 2. The Kier molecular flexibility index (Phi) is 5.72. The van der Waals surface area contributed by atoms with Crippen molar-refractivity contribution in [1.82, 2.24) is 0 Å². The lowest BCUT2D eigenvalue weighted by Crippen LogP contribution is -2.16. The Bertz CT molecular complexity index is 1270. The van der Waals surface area contributed by atoms with Crippen molar-refractivity contribution in [2.75, 3.05) is 30.0 Å². The first-order valence-corrected chi connectivity index (χ1v) is 11.4. The van der Waals surface area contributed by atoms with Crippen LogP contribution in [0.15, 0.2) is 60.7 Å². The molecule has 0 fully saturated rings. The summed E-state index contributed by atoms with van der Waals surface area (Å²) in [5.74, 6) is 0.662. The van der Waals surface area contributed by atoms with Gasteiger partial charge in [0.25, 0.3) is 0 Å². The van der Waals surface area contributed by atoms with Gasteiger partial charge >= 0.3 is 5.97 Å². The van der Waals surface area contributed by atoms with Crippen LogP contribution in [0, 0.1) is 11.3 Å². The lowest BCUT2D eigenvalue weighted by atomic mass is 9.97. The fourth-order valence-electron chi connectivity index (χ4n) is 4.72. The summed E-state index contributed by atoms with van der Waals surface area (Å²) in [6.07, 6.45) is 0.0690. The van der Waals surface area contributed by atoms with Gasteiger partial charge in [0.05, 0.1) is 36.4 Å². The van der Waals surface area contributed by atoms with Crippen LogP contribution in [-0.2, 0) is 4.79 Å². The Morgan fingerprint density at radius 3 is 2.68 bits per heavy atom. The zero-order chi connectivity index (χ0) is 23.7. The van der Waals surface area contributed by atoms with Crippen molar-refractivity contribution in [1.29, 1.82) is 5.26 Å². The average molecular weight is 456 g/mol. The standard InChI is InChI=1S/C27H25N3O4/c1-2-30(20-9-6-17(14-28)7-10-20)24-5-3-4-22-23(16-34-27(22)24)29-19-8-11-21-18(12-26(31)32)15-33-25(21)13-19/h3-11,13,18,23,29H,2,12,15-16H2,1H3,(H,31,32)/t18-,23?/m1/s1. The molecule has 0 radical (unpaired) electrons. The Morgan fingerprint density at radius 2 is 1.94 bits per heavy atom. The van der Waals surface area contributed by atoms with Crippen molar-refractivity contribution in [2.45, 2.75) is 25.3 Å². The lowest BCUT2D eigenvalue weighted by molar-refractivity contribution is -0.137. The van der Waals surface area contributed by atoms with E-state index in [1.165, 1.54) is 0 Å². The number of aliphatic carboxylic acids is 1. The summed E-state index contributed by atoms with van der Waals surface area (Å²) in [6, 6.07) is 21.7. The zero-order valence-corrected chi connectivity index (χ0v) is 18.8. The molecule has 2 atom stereocenters. The topological polar surface area (TPSA) is 94.8 Å². The number of benzene rings is 3. The molecule has 3 aromatic carbocycles. The third-order valence-electron chi connectivity index (χ3n) is 6.36. The first kappa shape index (κ1) is 21.7. The number of carboxylic acids is 1. The summed E-state index contributed by atoms with van der Waals surface area (Å²) in [4.78, 5) is 13.3. The quantitative estimate of drug-likeness (QED) is 0.505. The molecule has 2 N–H and O–H groups in total. The Hall–Kier alpha value is -4.18. The highest BCUT2D eigenvalue weighted by Crippen LogP contribution is 2.44. The molecule has 1 unspecified atom stereocenters. The molecular weight excluding hydrogens is 430 g/mol. The maximum Gasteiger partial charge on any atom is 0.304 e. The fraction of sp³-hybridized carbons (Fsp3) is 0.259. The molecule has 0 saturated carbocycles. The van der Waals surface area contributed by atoms with E-state index < -0.39 is 5.97 Å². The van der Waals surface area contributed by atoms with Crippen molar-refractivity contribution in [3.8, 4) is 17.6 Å². The minimum atomic E-state index is -0.818. The van der Waals surface area contributed by atoms with E-state index >= 15 is 0 Å². The van der Waals surface area contributed by atoms with Gasteiger partial charge in [-0.2, -0.15) is 5.26 Å². The number of rotatable bonds is 7. The van der Waals surface area contributed by atoms with Crippen LogP contribution in [-0.4, -0.2) is 30.8 Å². The molecule has 7 nitrogen and oxygen atoms in total. The Labute approximate surface area is 198 Å². The van der Waals surface area contributed by atoms with Crippen molar-refractivity contribution in [3.63, 3.8) is 0 Å². The molecule has 0 aliphatic carbocycles. The molecule has 0 spiro atoms. The smallest absolute Gasteiger partial charge is 0.304 e. The van der Waals surface area contributed by atoms with E-state index in [4.69, 9.17) is 19.8 Å². The lowest BCUT2D eigenvalue weighted by Gasteiger charge is -2.25. The van der Waals surface area contributed by atoms with E-state index in [0.29, 0.717) is 18.8 Å². The molecule has 0 aromatic heterocycles. The fourth-order valence-corrected chi connectivity index (χ4v) is 4.72. The third-order valence-corrected chi connectivity index (χ3v) is 6.36. The Balaban J connectivity index is 1.38. The van der Waals surface area contributed by atoms with E-state index in [1.54, 1.807) is 0 Å². The van der Waals surface area contributed by atoms with Crippen molar-refractivity contribution < 1.29 is 19.4 Å². The van der Waals surface area contributed by atoms with Gasteiger partial charge in [0, 0.05) is 41.0 Å². The van der Waals surface area contributed by atoms with Gasteiger partial charge in [-0.3, -0.25) is 4.79 Å². The number of carbonyl (C=O) groups is 1. The van der Waals surface area contributed by atoms with E-state index in [1.807, 2.05) is 48.5 Å². The SMILES string of the molecule is CCN(c1ccc(C#N)cc1)c1cccc2c1OCC2Nc1ccc2c(c1)OC[C@H]2CC(=O)O. The summed E-state index contributed by atoms with van der Waals surface area (Å²) < 4.78 is 11.9. The second kappa shape index (κ2) is 8.99. The van der Waals surface area contributed by atoms with Crippen molar-refractivity contribution >= 4 is 23.0 Å². The largest absolute Gasteiger partial charge is 0.493 e. The van der Waals surface area contributed by atoms with E-state index in [-0.39, 0.29) is 18.4 Å². The van der Waals surface area contributed by atoms with Crippen LogP contribution >= 0.6 is 0 Å². The number of carboxylic acid groups (broad SMARTS) is 1. The number of ether oxygens (including phenoxy) is 2. The molecule has 3 aromatic rings. The first-order chi connectivity index (χ1) is 16.6. The zero-order valence-electron chi connectivity index (χ0n) is 18.8. The molecular formula is C27H25N3O4. The highest BCUT2D eigenvalue weighted by Gasteiger charge is 2.30. The van der Waals surface area contributed by atoms with Crippen LogP contribution in [0.25, 0.3) is 0 Å². The van der Waals surface area contributed by atoms with E-state index in [0.717, 1.165) is 46.2 Å². The van der Waals surface area contributed by atoms with Crippen LogP contribution in [0.2, 0.25) is 0 Å². The minimum Gasteiger partial charge on any atom is -0.493 e. The van der Waals surface area contributed by atoms with Gasteiger partial charge in [-0.05, 0) is 43.3 Å². The molecule has 0 saturated heterocycles. The van der Waals surface area contributed by atoms with Crippen LogP contribution in [0.3, 0.4) is 0 Å². The molecule has 5 rings (SSSR count). The van der Waals surface area contributed by atoms with Crippen molar-refractivity contribution in [2.24, 2.45) is 0 Å². The van der Waals surface area contributed by atoms with E-state index in [9.17, 15) is 4.79 Å². The normalized spacial score (nSPS) is 17.6. The minimum absolute atomic E-state index is 0.0242. The van der Waals surface area contributed by atoms with Gasteiger partial charge in [0.15, 0.2) is 0 Å². The molecule has 2 aliphatic heterocycles. The first-order valence-electron chi connectivity index (χ1n) is 11.4. The molecule has 0 bridgehead atoms. The summed E-state index contributed by atoms with van der Waals surface area (Å²) in [7, 11) is 0. The summed E-state index contributed by atoms with van der Waals surface area (Å²) >= 11 is 0. The highest BCUT2D eigenvalue weighted by atomic mass is 16.5. The maximum absolute atomic E-state index is 11.1. The van der Waals surface area contributed by atoms with E-state index in [2.05, 4.69) is 35.3 Å². The third kappa shape index (κ3) is 3.99. The van der Waals surface area contributed by atoms with Gasteiger partial charge in [-0.25, -0.2) is 0 Å². The van der Waals surface area contributed by atoms with Crippen LogP contribution in [0.1, 0.15) is 42.0 Å². The van der Waals surface area contributed by atoms with Gasteiger partial charge in [0.1, 0.15) is 18.1 Å². The van der Waals surface area contributed by atoms with Gasteiger partial charge in [0.2, 0.25) is 0 Å². The number of anilines is 3. The maximum atomic E-state index is 11.1. The van der Waals surface area contributed by atoms with Gasteiger partial charge in [-0.1, -0.05) is 18.2 Å². The predicted molar refractivity (Wildman–Crippen MR) is 129 cm³/mol. The second-order valence-corrected chi connectivity index (χ2v) is 8.46. The van der Waals surface area contributed by atoms with Gasteiger partial charge in [-0.15, -0.1) is 0 Å². The number of nitriles is 1. The molecule has 7 heteroatoms. The highest BCUT2D eigenvalue weighted by molar-refractivity contribution is 5.73. The molecule has 172 valence electrons. The molecule has 34 heavy (non-hydrogen) atoms. The number of nitrogens with one attached hydrogen (secondary N) is 1. The van der Waals surface area contributed by atoms with Crippen molar-refractivity contribution in [3.05, 3.63) is 77.4 Å². The number of hydrogen-bond acceptors (Lipinski definition) is 6. The molecule has 2 aliphatic rings. The van der Waals surface area contributed by atoms with Crippen LogP contribution in [0.4, 0.5) is 17.1 Å². The average Bonchev–Trinajstić information content (AvgIpc) is 3.44. The number of para-hydroxylation sites is 1. The monoisotopic (exact) mass is 455 g/mol. The summed E-state index contributed by atoms with van der Waals surface area (Å²) in [6.45, 7) is 3.73.